The molecule has 0 unspecified atom stereocenters. The monoisotopic (exact) mass is 383 g/mol. The predicted molar refractivity (Wildman–Crippen MR) is 76.1 cm³/mol. The summed E-state index contributed by atoms with van der Waals surface area (Å²) in [7, 11) is 0. The lowest BCUT2D eigenvalue weighted by Crippen LogP contribution is -2.27. The molecule has 1 N–H and O–H groups in total. The van der Waals surface area contributed by atoms with Gasteiger partial charge in [0.2, 0.25) is 0 Å². The van der Waals surface area contributed by atoms with Gasteiger partial charge < -0.3 is 10.1 Å². The molecule has 0 aliphatic heterocycles. The fourth-order valence-electron chi connectivity index (χ4n) is 1.18. The summed E-state index contributed by atoms with van der Waals surface area (Å²) in [5.74, 6) is -0.157. The van der Waals surface area contributed by atoms with Crippen molar-refractivity contribution in [2.24, 2.45) is 0 Å². The fourth-order valence-corrected chi connectivity index (χ4v) is 2.27. The van der Waals surface area contributed by atoms with Crippen molar-refractivity contribution in [3.63, 3.8) is 0 Å². The number of hydrogen-bond acceptors (Lipinski definition) is 2. The summed E-state index contributed by atoms with van der Waals surface area (Å²) in [4.78, 5) is 11.7. The Morgan fingerprint density at radius 2 is 2.12 bits per heavy atom. The van der Waals surface area contributed by atoms with Crippen LogP contribution < -0.4 is 5.32 Å². The number of halogens is 3. The van der Waals surface area contributed by atoms with Crippen LogP contribution in [0.2, 0.25) is 5.02 Å². The van der Waals surface area contributed by atoms with E-state index in [-0.39, 0.29) is 5.91 Å². The van der Waals surface area contributed by atoms with Gasteiger partial charge in [0.15, 0.2) is 0 Å². The molecule has 3 nitrogen and oxygen atoms in total. The molecule has 1 rings (SSSR count). The first-order valence-electron chi connectivity index (χ1n) is 5.01. The molecule has 6 heteroatoms. The first kappa shape index (κ1) is 15.0. The summed E-state index contributed by atoms with van der Waals surface area (Å²) in [6.07, 6.45) is 0. The Morgan fingerprint density at radius 3 is 2.76 bits per heavy atom. The summed E-state index contributed by atoms with van der Waals surface area (Å²) in [6, 6.07) is 5.08. The molecular formula is C11H12Br2ClNO2. The van der Waals surface area contributed by atoms with Gasteiger partial charge in [-0.25, -0.2) is 0 Å². The highest BCUT2D eigenvalue weighted by molar-refractivity contribution is 9.10. The largest absolute Gasteiger partial charge is 0.379 e. The Hall–Kier alpha value is -0.100. The average Bonchev–Trinajstić information content (AvgIpc) is 2.27. The summed E-state index contributed by atoms with van der Waals surface area (Å²) in [5.41, 5.74) is 0.532. The number of carbonyl (C=O) groups is 1. The Labute approximate surface area is 122 Å². The maximum absolute atomic E-state index is 11.7. The van der Waals surface area contributed by atoms with E-state index in [1.165, 1.54) is 0 Å². The van der Waals surface area contributed by atoms with E-state index in [0.29, 0.717) is 30.3 Å². The normalized spacial score (nSPS) is 10.3. The summed E-state index contributed by atoms with van der Waals surface area (Å²) < 4.78 is 6.00. The van der Waals surface area contributed by atoms with E-state index in [9.17, 15) is 4.79 Å². The highest BCUT2D eigenvalue weighted by Crippen LogP contribution is 2.19. The van der Waals surface area contributed by atoms with Crippen molar-refractivity contribution in [3.05, 3.63) is 33.3 Å². The van der Waals surface area contributed by atoms with Crippen LogP contribution in [0.1, 0.15) is 10.4 Å². The molecule has 0 fully saturated rings. The molecule has 94 valence electrons. The number of carbonyl (C=O) groups excluding carboxylic acids is 1. The fraction of sp³-hybridized carbons (Fsp3) is 0.364. The third kappa shape index (κ3) is 5.86. The molecule has 0 atom stereocenters. The SMILES string of the molecule is O=C(NCCOCCBr)c1cc(Cl)cc(Br)c1. The number of benzene rings is 1. The Balaban J connectivity index is 2.41. The number of alkyl halides is 1. The molecule has 1 aromatic rings. The number of hydrogen-bond donors (Lipinski definition) is 1. The molecular weight excluding hydrogens is 373 g/mol. The second-order valence-corrected chi connectivity index (χ2v) is 5.36. The van der Waals surface area contributed by atoms with Crippen molar-refractivity contribution in [2.45, 2.75) is 0 Å². The zero-order chi connectivity index (χ0) is 12.7. The van der Waals surface area contributed by atoms with Gasteiger partial charge in [-0.3, -0.25) is 4.79 Å². The van der Waals surface area contributed by atoms with Crippen LogP contribution >= 0.6 is 43.5 Å². The summed E-state index contributed by atoms with van der Waals surface area (Å²) in [6.45, 7) is 1.62. The van der Waals surface area contributed by atoms with Gasteiger partial charge in [0, 0.05) is 26.9 Å². The minimum atomic E-state index is -0.157. The highest BCUT2D eigenvalue weighted by Gasteiger charge is 2.06. The summed E-state index contributed by atoms with van der Waals surface area (Å²) >= 11 is 12.4. The van der Waals surface area contributed by atoms with Crippen molar-refractivity contribution >= 4 is 49.4 Å². The van der Waals surface area contributed by atoms with E-state index < -0.39 is 0 Å². The van der Waals surface area contributed by atoms with E-state index in [2.05, 4.69) is 37.2 Å². The molecule has 0 heterocycles. The van der Waals surface area contributed by atoms with Gasteiger partial charge in [0.1, 0.15) is 0 Å². The number of amides is 1. The van der Waals surface area contributed by atoms with Crippen LogP contribution in [-0.2, 0) is 4.74 Å². The minimum absolute atomic E-state index is 0.157. The molecule has 1 amide bonds. The first-order valence-corrected chi connectivity index (χ1v) is 7.30. The van der Waals surface area contributed by atoms with E-state index >= 15 is 0 Å². The number of rotatable bonds is 6. The van der Waals surface area contributed by atoms with Gasteiger partial charge in [-0.15, -0.1) is 0 Å². The van der Waals surface area contributed by atoms with Crippen molar-refractivity contribution in [2.75, 3.05) is 25.1 Å². The van der Waals surface area contributed by atoms with Crippen LogP contribution in [0, 0.1) is 0 Å². The van der Waals surface area contributed by atoms with Gasteiger partial charge in [-0.2, -0.15) is 0 Å². The summed E-state index contributed by atoms with van der Waals surface area (Å²) in [5, 5.41) is 4.08. The third-order valence-corrected chi connectivity index (χ3v) is 2.88. The zero-order valence-electron chi connectivity index (χ0n) is 9.01. The van der Waals surface area contributed by atoms with Crippen LogP contribution in [0.3, 0.4) is 0 Å². The van der Waals surface area contributed by atoms with E-state index in [1.807, 2.05) is 0 Å². The van der Waals surface area contributed by atoms with Crippen molar-refractivity contribution in [1.29, 1.82) is 0 Å². The van der Waals surface area contributed by atoms with E-state index in [4.69, 9.17) is 16.3 Å². The minimum Gasteiger partial charge on any atom is -0.379 e. The molecule has 0 bridgehead atoms. The van der Waals surface area contributed by atoms with Gasteiger partial charge in [0.25, 0.3) is 5.91 Å². The Bertz CT molecular complexity index is 367. The van der Waals surface area contributed by atoms with Gasteiger partial charge in [0.05, 0.1) is 13.2 Å². The average molecular weight is 385 g/mol. The lowest BCUT2D eigenvalue weighted by atomic mass is 10.2. The van der Waals surface area contributed by atoms with Crippen LogP contribution in [0.5, 0.6) is 0 Å². The maximum Gasteiger partial charge on any atom is 0.251 e. The van der Waals surface area contributed by atoms with Crippen LogP contribution in [0.25, 0.3) is 0 Å². The molecule has 1 aromatic carbocycles. The molecule has 0 aliphatic rings. The molecule has 0 aliphatic carbocycles. The predicted octanol–water partition coefficient (Wildman–Crippen LogP) is 3.24. The van der Waals surface area contributed by atoms with Crippen LogP contribution in [0.15, 0.2) is 22.7 Å². The Morgan fingerprint density at radius 1 is 1.35 bits per heavy atom. The third-order valence-electron chi connectivity index (χ3n) is 1.88. The first-order chi connectivity index (χ1) is 8.13. The maximum atomic E-state index is 11.7. The van der Waals surface area contributed by atoms with E-state index in [1.54, 1.807) is 18.2 Å². The Kier molecular flexibility index (Phi) is 7.11. The van der Waals surface area contributed by atoms with Crippen molar-refractivity contribution < 1.29 is 9.53 Å². The van der Waals surface area contributed by atoms with E-state index in [0.717, 1.165) is 9.80 Å². The molecule has 0 radical (unpaired) electrons. The zero-order valence-corrected chi connectivity index (χ0v) is 12.9. The number of nitrogens with one attached hydrogen (secondary N) is 1. The molecule has 0 saturated heterocycles. The molecule has 17 heavy (non-hydrogen) atoms. The molecule has 0 spiro atoms. The number of ether oxygens (including phenoxy) is 1. The lowest BCUT2D eigenvalue weighted by Gasteiger charge is -2.06. The van der Waals surface area contributed by atoms with Gasteiger partial charge in [-0.05, 0) is 18.2 Å². The smallest absolute Gasteiger partial charge is 0.251 e. The van der Waals surface area contributed by atoms with Crippen molar-refractivity contribution in [3.8, 4) is 0 Å². The van der Waals surface area contributed by atoms with Crippen molar-refractivity contribution in [1.82, 2.24) is 5.32 Å². The molecule has 0 aromatic heterocycles. The quantitative estimate of drug-likeness (QED) is 0.603. The van der Waals surface area contributed by atoms with Crippen LogP contribution in [0.4, 0.5) is 0 Å². The highest BCUT2D eigenvalue weighted by atomic mass is 79.9. The van der Waals surface area contributed by atoms with Gasteiger partial charge >= 0.3 is 0 Å². The van der Waals surface area contributed by atoms with Gasteiger partial charge in [-0.1, -0.05) is 43.5 Å². The van der Waals surface area contributed by atoms with Crippen LogP contribution in [-0.4, -0.2) is 31.0 Å². The topological polar surface area (TPSA) is 38.3 Å². The second-order valence-electron chi connectivity index (χ2n) is 3.22. The lowest BCUT2D eigenvalue weighted by molar-refractivity contribution is 0.0924. The second kappa shape index (κ2) is 8.08. The standard InChI is InChI=1S/C11H12Br2ClNO2/c12-1-3-17-4-2-15-11(16)8-5-9(13)7-10(14)6-8/h5-7H,1-4H2,(H,15,16). The molecule has 0 saturated carbocycles.